The topological polar surface area (TPSA) is 75.3 Å². The quantitative estimate of drug-likeness (QED) is 0.697. The van der Waals surface area contributed by atoms with Crippen molar-refractivity contribution < 1.29 is 9.90 Å². The minimum atomic E-state index is -0.750. The van der Waals surface area contributed by atoms with Gasteiger partial charge in [0.1, 0.15) is 0 Å². The second-order valence-electron chi connectivity index (χ2n) is 7.27. The van der Waals surface area contributed by atoms with Gasteiger partial charge in [0.15, 0.2) is 0 Å². The lowest BCUT2D eigenvalue weighted by Gasteiger charge is -2.44. The molecule has 0 bridgehead atoms. The number of hydrogen-bond acceptors (Lipinski definition) is 3. The molecule has 3 aliphatic rings. The molecule has 0 aliphatic heterocycles. The molecule has 0 aromatic rings. The Labute approximate surface area is 138 Å². The van der Waals surface area contributed by atoms with Gasteiger partial charge in [-0.1, -0.05) is 42.9 Å². The van der Waals surface area contributed by atoms with E-state index in [4.69, 9.17) is 5.73 Å². The molecule has 0 amide bonds. The number of carboxylic acid groups (broad SMARTS) is 1. The van der Waals surface area contributed by atoms with E-state index < -0.39 is 11.9 Å². The SMILES string of the molecule is CC(NC1CC=CC2CCCC(N)C21)C1C=CC=CC1C(=O)O. The molecule has 0 radical (unpaired) electrons. The smallest absolute Gasteiger partial charge is 0.311 e. The van der Waals surface area contributed by atoms with Gasteiger partial charge in [-0.05, 0) is 38.0 Å². The van der Waals surface area contributed by atoms with Crippen LogP contribution in [0.25, 0.3) is 0 Å². The summed E-state index contributed by atoms with van der Waals surface area (Å²) in [4.78, 5) is 11.5. The van der Waals surface area contributed by atoms with Crippen LogP contribution in [0.2, 0.25) is 0 Å². The summed E-state index contributed by atoms with van der Waals surface area (Å²) in [7, 11) is 0. The fraction of sp³-hybridized carbons (Fsp3) is 0.632. The molecule has 3 aliphatic carbocycles. The molecule has 1 fully saturated rings. The second kappa shape index (κ2) is 7.02. The molecule has 4 heteroatoms. The molecule has 126 valence electrons. The van der Waals surface area contributed by atoms with E-state index in [0.717, 1.165) is 12.8 Å². The average molecular weight is 316 g/mol. The van der Waals surface area contributed by atoms with Crippen molar-refractivity contribution in [2.75, 3.05) is 0 Å². The summed E-state index contributed by atoms with van der Waals surface area (Å²) in [5.41, 5.74) is 6.42. The predicted molar refractivity (Wildman–Crippen MR) is 91.8 cm³/mol. The van der Waals surface area contributed by atoms with Crippen molar-refractivity contribution in [3.05, 3.63) is 36.5 Å². The highest BCUT2D eigenvalue weighted by Gasteiger charge is 2.39. The monoisotopic (exact) mass is 316 g/mol. The van der Waals surface area contributed by atoms with Crippen molar-refractivity contribution in [1.82, 2.24) is 5.32 Å². The van der Waals surface area contributed by atoms with E-state index in [2.05, 4.69) is 24.4 Å². The van der Waals surface area contributed by atoms with Crippen molar-refractivity contribution in [2.24, 2.45) is 29.4 Å². The van der Waals surface area contributed by atoms with Crippen LogP contribution < -0.4 is 11.1 Å². The van der Waals surface area contributed by atoms with E-state index >= 15 is 0 Å². The number of hydrogen-bond donors (Lipinski definition) is 3. The van der Waals surface area contributed by atoms with Crippen LogP contribution in [-0.4, -0.2) is 29.2 Å². The molecule has 4 nitrogen and oxygen atoms in total. The zero-order valence-corrected chi connectivity index (χ0v) is 13.8. The summed E-state index contributed by atoms with van der Waals surface area (Å²) in [6.45, 7) is 2.10. The fourth-order valence-corrected chi connectivity index (χ4v) is 4.65. The highest BCUT2D eigenvalue weighted by atomic mass is 16.4. The summed E-state index contributed by atoms with van der Waals surface area (Å²) >= 11 is 0. The molecule has 3 rings (SSSR count). The number of rotatable bonds is 4. The van der Waals surface area contributed by atoms with Crippen LogP contribution in [-0.2, 0) is 4.79 Å². The van der Waals surface area contributed by atoms with Gasteiger partial charge in [0.2, 0.25) is 0 Å². The van der Waals surface area contributed by atoms with Crippen LogP contribution in [0.4, 0.5) is 0 Å². The van der Waals surface area contributed by atoms with Crippen LogP contribution in [0.15, 0.2) is 36.5 Å². The van der Waals surface area contributed by atoms with Crippen LogP contribution in [0.5, 0.6) is 0 Å². The highest BCUT2D eigenvalue weighted by Crippen LogP contribution is 2.37. The Morgan fingerprint density at radius 1 is 1.26 bits per heavy atom. The molecule has 7 atom stereocenters. The summed E-state index contributed by atoms with van der Waals surface area (Å²) in [6, 6.07) is 0.716. The third-order valence-electron chi connectivity index (χ3n) is 5.82. The van der Waals surface area contributed by atoms with E-state index in [1.807, 2.05) is 18.2 Å². The zero-order chi connectivity index (χ0) is 16.4. The first-order valence-electron chi connectivity index (χ1n) is 8.84. The lowest BCUT2D eigenvalue weighted by molar-refractivity contribution is -0.141. The number of fused-ring (bicyclic) bond motifs is 1. The Hall–Kier alpha value is -1.39. The summed E-state index contributed by atoms with van der Waals surface area (Å²) in [5, 5.41) is 13.2. The lowest BCUT2D eigenvalue weighted by atomic mass is 9.68. The minimum absolute atomic E-state index is 0.0123. The molecule has 1 saturated carbocycles. The van der Waals surface area contributed by atoms with Crippen molar-refractivity contribution in [3.63, 3.8) is 0 Å². The first-order chi connectivity index (χ1) is 11.1. The van der Waals surface area contributed by atoms with E-state index in [1.165, 1.54) is 12.8 Å². The number of nitrogens with one attached hydrogen (secondary N) is 1. The van der Waals surface area contributed by atoms with Crippen molar-refractivity contribution in [3.8, 4) is 0 Å². The maximum absolute atomic E-state index is 11.5. The number of aliphatic carboxylic acids is 1. The Kier molecular flexibility index (Phi) is 5.02. The Balaban J connectivity index is 1.70. The Bertz CT molecular complexity index is 525. The van der Waals surface area contributed by atoms with Gasteiger partial charge in [0.05, 0.1) is 5.92 Å². The molecule has 0 spiro atoms. The van der Waals surface area contributed by atoms with Crippen molar-refractivity contribution in [2.45, 2.75) is 50.7 Å². The first kappa shape index (κ1) is 16.5. The van der Waals surface area contributed by atoms with Crippen LogP contribution >= 0.6 is 0 Å². The van der Waals surface area contributed by atoms with Gasteiger partial charge in [-0.2, -0.15) is 0 Å². The molecular formula is C19H28N2O2. The summed E-state index contributed by atoms with van der Waals surface area (Å²) in [6.07, 6.45) is 16.8. The van der Waals surface area contributed by atoms with Gasteiger partial charge in [-0.3, -0.25) is 4.79 Å². The fourth-order valence-electron chi connectivity index (χ4n) is 4.65. The van der Waals surface area contributed by atoms with E-state index in [0.29, 0.717) is 17.9 Å². The average Bonchev–Trinajstić information content (AvgIpc) is 2.55. The number of allylic oxidation sites excluding steroid dienone is 3. The summed E-state index contributed by atoms with van der Waals surface area (Å²) < 4.78 is 0. The molecule has 0 heterocycles. The van der Waals surface area contributed by atoms with Crippen LogP contribution in [0, 0.1) is 23.7 Å². The van der Waals surface area contributed by atoms with Gasteiger partial charge in [-0.15, -0.1) is 0 Å². The lowest BCUT2D eigenvalue weighted by Crippen LogP contribution is -2.55. The standard InChI is InChI=1S/C19H28N2O2/c1-12(14-8-2-3-9-15(14)19(22)23)21-17-11-5-7-13-6-4-10-16(20)18(13)17/h2-3,5,7-9,12-18,21H,4,6,10-11,20H2,1H3,(H,22,23). The van der Waals surface area contributed by atoms with Crippen LogP contribution in [0.3, 0.4) is 0 Å². The molecule has 23 heavy (non-hydrogen) atoms. The molecular weight excluding hydrogens is 288 g/mol. The summed E-state index contributed by atoms with van der Waals surface area (Å²) in [5.74, 6) is -0.156. The highest BCUT2D eigenvalue weighted by molar-refractivity contribution is 5.73. The number of carbonyl (C=O) groups is 1. The zero-order valence-electron chi connectivity index (χ0n) is 13.8. The number of nitrogens with two attached hydrogens (primary N) is 1. The first-order valence-corrected chi connectivity index (χ1v) is 8.84. The third-order valence-corrected chi connectivity index (χ3v) is 5.82. The van der Waals surface area contributed by atoms with E-state index in [1.54, 1.807) is 6.08 Å². The molecule has 7 unspecified atom stereocenters. The van der Waals surface area contributed by atoms with Crippen molar-refractivity contribution in [1.29, 1.82) is 0 Å². The van der Waals surface area contributed by atoms with Gasteiger partial charge in [0.25, 0.3) is 0 Å². The maximum atomic E-state index is 11.5. The minimum Gasteiger partial charge on any atom is -0.481 e. The second-order valence-corrected chi connectivity index (χ2v) is 7.27. The molecule has 0 aromatic carbocycles. The van der Waals surface area contributed by atoms with E-state index in [-0.39, 0.29) is 18.0 Å². The van der Waals surface area contributed by atoms with Gasteiger partial charge < -0.3 is 16.2 Å². The Morgan fingerprint density at radius 3 is 2.83 bits per heavy atom. The van der Waals surface area contributed by atoms with Gasteiger partial charge in [-0.25, -0.2) is 0 Å². The van der Waals surface area contributed by atoms with Crippen molar-refractivity contribution >= 4 is 5.97 Å². The molecule has 0 aromatic heterocycles. The molecule has 0 saturated heterocycles. The normalized spacial score (nSPS) is 40.6. The van der Waals surface area contributed by atoms with Gasteiger partial charge in [0, 0.05) is 24.0 Å². The predicted octanol–water partition coefficient (Wildman–Crippen LogP) is 2.48. The van der Waals surface area contributed by atoms with Gasteiger partial charge >= 0.3 is 5.97 Å². The van der Waals surface area contributed by atoms with Crippen LogP contribution in [0.1, 0.15) is 32.6 Å². The maximum Gasteiger partial charge on any atom is 0.311 e. The van der Waals surface area contributed by atoms with E-state index in [9.17, 15) is 9.90 Å². The molecule has 4 N–H and O–H groups in total. The number of carboxylic acids is 1. The Morgan fingerprint density at radius 2 is 2.04 bits per heavy atom. The largest absolute Gasteiger partial charge is 0.481 e. The third kappa shape index (κ3) is 3.43.